The number of rotatable bonds is 9. The largest absolute Gasteiger partial charge is 0.496 e. The Hall–Kier alpha value is -1.43. The lowest BCUT2D eigenvalue weighted by Gasteiger charge is -2.32. The van der Waals surface area contributed by atoms with Crippen molar-refractivity contribution >= 4 is 11.8 Å². The van der Waals surface area contributed by atoms with Crippen LogP contribution in [0.2, 0.25) is 0 Å². The van der Waals surface area contributed by atoms with Crippen molar-refractivity contribution in [3.8, 4) is 5.75 Å². The van der Waals surface area contributed by atoms with Crippen molar-refractivity contribution in [2.45, 2.75) is 24.3 Å². The second-order valence-electron chi connectivity index (χ2n) is 6.97. The lowest BCUT2D eigenvalue weighted by atomic mass is 10.1. The van der Waals surface area contributed by atoms with E-state index in [0.29, 0.717) is 0 Å². The average Bonchev–Trinajstić information content (AvgIpc) is 3.17. The molecule has 0 N–H and O–H groups in total. The summed E-state index contributed by atoms with van der Waals surface area (Å²) in [6.45, 7) is 5.99. The van der Waals surface area contributed by atoms with Crippen molar-refractivity contribution < 1.29 is 9.15 Å². The van der Waals surface area contributed by atoms with Crippen LogP contribution in [0.4, 0.5) is 0 Å². The lowest BCUT2D eigenvalue weighted by molar-refractivity contribution is 0.153. The lowest BCUT2D eigenvalue weighted by Crippen LogP contribution is -2.44. The highest BCUT2D eigenvalue weighted by Gasteiger charge is 2.13. The third-order valence-electron chi connectivity index (χ3n) is 4.96. The highest BCUT2D eigenvalue weighted by Crippen LogP contribution is 2.27. The average molecular weight is 375 g/mol. The van der Waals surface area contributed by atoms with Crippen molar-refractivity contribution in [3.05, 3.63) is 53.5 Å². The molecule has 2 aromatic rings. The quantitative estimate of drug-likeness (QED) is 0.664. The van der Waals surface area contributed by atoms with Crippen molar-refractivity contribution in [1.29, 1.82) is 0 Å². The maximum atomic E-state index is 5.55. The second-order valence-corrected chi connectivity index (χ2v) is 7.95. The van der Waals surface area contributed by atoms with Gasteiger partial charge in [0.2, 0.25) is 0 Å². The normalized spacial score (nSPS) is 16.1. The SMILES string of the molecule is COc1ccc(CCCN2CCN(C)CC2)cc1CSCc1ccco1. The molecule has 0 unspecified atom stereocenters. The van der Waals surface area contributed by atoms with Crippen LogP contribution < -0.4 is 4.74 Å². The van der Waals surface area contributed by atoms with E-state index in [0.717, 1.165) is 29.4 Å². The first kappa shape index (κ1) is 19.3. The van der Waals surface area contributed by atoms with Crippen LogP contribution in [0.1, 0.15) is 23.3 Å². The van der Waals surface area contributed by atoms with Crippen LogP contribution in [0.5, 0.6) is 5.75 Å². The third kappa shape index (κ3) is 5.79. The monoisotopic (exact) mass is 374 g/mol. The van der Waals surface area contributed by atoms with Crippen molar-refractivity contribution in [2.24, 2.45) is 0 Å². The number of nitrogens with zero attached hydrogens (tertiary/aromatic N) is 2. The molecule has 0 saturated carbocycles. The van der Waals surface area contributed by atoms with E-state index >= 15 is 0 Å². The molecule has 1 aromatic carbocycles. The van der Waals surface area contributed by atoms with Crippen LogP contribution in [0.25, 0.3) is 0 Å². The Kier molecular flexibility index (Phi) is 7.47. The molecule has 0 radical (unpaired) electrons. The first-order valence-corrected chi connectivity index (χ1v) is 10.6. The molecule has 0 atom stereocenters. The topological polar surface area (TPSA) is 28.9 Å². The number of likely N-dealkylation sites (N-methyl/N-ethyl adjacent to an activating group) is 1. The molecule has 1 saturated heterocycles. The van der Waals surface area contributed by atoms with Gasteiger partial charge in [0, 0.05) is 37.5 Å². The molecule has 0 spiro atoms. The van der Waals surface area contributed by atoms with Gasteiger partial charge in [-0.2, -0.15) is 0 Å². The fourth-order valence-corrected chi connectivity index (χ4v) is 4.25. The molecule has 142 valence electrons. The van der Waals surface area contributed by atoms with Crippen molar-refractivity contribution in [2.75, 3.05) is 46.9 Å². The predicted octanol–water partition coefficient (Wildman–Crippen LogP) is 3.90. The van der Waals surface area contributed by atoms with Gasteiger partial charge in [-0.25, -0.2) is 0 Å². The van der Waals surface area contributed by atoms with Gasteiger partial charge in [-0.15, -0.1) is 11.8 Å². The van der Waals surface area contributed by atoms with E-state index in [1.54, 1.807) is 13.4 Å². The van der Waals surface area contributed by atoms with Gasteiger partial charge in [0.15, 0.2) is 0 Å². The second kappa shape index (κ2) is 10.0. The molecule has 1 aromatic heterocycles. The van der Waals surface area contributed by atoms with Crippen LogP contribution in [0.3, 0.4) is 0 Å². The van der Waals surface area contributed by atoms with Crippen LogP contribution in [0.15, 0.2) is 41.0 Å². The molecule has 1 aliphatic heterocycles. The standard InChI is InChI=1S/C21H30N2O2S/c1-22-10-12-23(13-11-22)9-3-5-18-7-8-21(24-2)19(15-18)16-26-17-20-6-4-14-25-20/h4,6-8,14-15H,3,5,9-13,16-17H2,1-2H3. The number of piperazine rings is 1. The molecular weight excluding hydrogens is 344 g/mol. The molecule has 26 heavy (non-hydrogen) atoms. The fraction of sp³-hybridized carbons (Fsp3) is 0.524. The number of thioether (sulfide) groups is 1. The van der Waals surface area contributed by atoms with Gasteiger partial charge < -0.3 is 19.0 Å². The first-order valence-electron chi connectivity index (χ1n) is 9.41. The number of hydrogen-bond donors (Lipinski definition) is 0. The molecule has 1 aliphatic rings. The summed E-state index contributed by atoms with van der Waals surface area (Å²) >= 11 is 1.86. The van der Waals surface area contributed by atoms with E-state index in [4.69, 9.17) is 9.15 Å². The number of aryl methyl sites for hydroxylation is 1. The van der Waals surface area contributed by atoms with E-state index in [-0.39, 0.29) is 0 Å². The van der Waals surface area contributed by atoms with Gasteiger partial charge in [0.25, 0.3) is 0 Å². The summed E-state index contributed by atoms with van der Waals surface area (Å²) < 4.78 is 11.0. The van der Waals surface area contributed by atoms with Crippen molar-refractivity contribution in [1.82, 2.24) is 9.80 Å². The van der Waals surface area contributed by atoms with Crippen LogP contribution in [0, 0.1) is 0 Å². The minimum Gasteiger partial charge on any atom is -0.496 e. The van der Waals surface area contributed by atoms with E-state index in [9.17, 15) is 0 Å². The van der Waals surface area contributed by atoms with E-state index in [1.807, 2.05) is 23.9 Å². The van der Waals surface area contributed by atoms with E-state index < -0.39 is 0 Å². The molecule has 3 rings (SSSR count). The Bertz CT molecular complexity index is 652. The molecule has 5 heteroatoms. The Labute approximate surface area is 161 Å². The molecule has 1 fully saturated rings. The number of furan rings is 1. The van der Waals surface area contributed by atoms with Gasteiger partial charge in [0.1, 0.15) is 11.5 Å². The maximum absolute atomic E-state index is 5.55. The zero-order chi connectivity index (χ0) is 18.2. The Morgan fingerprint density at radius 1 is 1.12 bits per heavy atom. The summed E-state index contributed by atoms with van der Waals surface area (Å²) in [6, 6.07) is 10.6. The third-order valence-corrected chi connectivity index (χ3v) is 5.97. The number of hydrogen-bond acceptors (Lipinski definition) is 5. The minimum atomic E-state index is 0.893. The minimum absolute atomic E-state index is 0.893. The van der Waals surface area contributed by atoms with Gasteiger partial charge >= 0.3 is 0 Å². The molecule has 0 amide bonds. The Morgan fingerprint density at radius 3 is 2.69 bits per heavy atom. The fourth-order valence-electron chi connectivity index (χ4n) is 3.33. The predicted molar refractivity (Wildman–Crippen MR) is 109 cm³/mol. The molecule has 0 bridgehead atoms. The summed E-state index contributed by atoms with van der Waals surface area (Å²) in [5.41, 5.74) is 2.69. The van der Waals surface area contributed by atoms with E-state index in [1.165, 1.54) is 50.3 Å². The van der Waals surface area contributed by atoms with Crippen LogP contribution in [-0.2, 0) is 17.9 Å². The molecule has 0 aliphatic carbocycles. The molecular formula is C21H30N2O2S. The van der Waals surface area contributed by atoms with E-state index in [2.05, 4.69) is 35.0 Å². The maximum Gasteiger partial charge on any atom is 0.122 e. The summed E-state index contributed by atoms with van der Waals surface area (Å²) in [5.74, 6) is 3.84. The van der Waals surface area contributed by atoms with Crippen molar-refractivity contribution in [3.63, 3.8) is 0 Å². The molecule has 4 nitrogen and oxygen atoms in total. The summed E-state index contributed by atoms with van der Waals surface area (Å²) in [7, 11) is 3.96. The first-order chi connectivity index (χ1) is 12.7. The number of benzene rings is 1. The van der Waals surface area contributed by atoms with Gasteiger partial charge in [-0.3, -0.25) is 0 Å². The smallest absolute Gasteiger partial charge is 0.122 e. The molecule has 2 heterocycles. The Balaban J connectivity index is 1.48. The zero-order valence-electron chi connectivity index (χ0n) is 15.9. The highest BCUT2D eigenvalue weighted by molar-refractivity contribution is 7.97. The van der Waals surface area contributed by atoms with Crippen LogP contribution >= 0.6 is 11.8 Å². The Morgan fingerprint density at radius 2 is 1.96 bits per heavy atom. The van der Waals surface area contributed by atoms with Gasteiger partial charge in [0.05, 0.1) is 19.1 Å². The zero-order valence-corrected chi connectivity index (χ0v) is 16.8. The van der Waals surface area contributed by atoms with Gasteiger partial charge in [-0.05, 0) is 50.2 Å². The number of ether oxygens (including phenoxy) is 1. The highest BCUT2D eigenvalue weighted by atomic mass is 32.2. The van der Waals surface area contributed by atoms with Crippen LogP contribution in [-0.4, -0.2) is 56.7 Å². The summed E-state index contributed by atoms with van der Waals surface area (Å²) in [6.07, 6.45) is 4.08. The summed E-state index contributed by atoms with van der Waals surface area (Å²) in [4.78, 5) is 5.00. The number of methoxy groups -OCH3 is 1. The van der Waals surface area contributed by atoms with Gasteiger partial charge in [-0.1, -0.05) is 12.1 Å². The summed E-state index contributed by atoms with van der Waals surface area (Å²) in [5, 5.41) is 0.